The molecular weight excluding hydrogens is 220 g/mol. The predicted octanol–water partition coefficient (Wildman–Crippen LogP) is 4.18. The highest BCUT2D eigenvalue weighted by Crippen LogP contribution is 2.31. The second kappa shape index (κ2) is 6.62. The molecular formula is C16H18N2. The minimum Gasteiger partial charge on any atom is -0.197 e. The van der Waals surface area contributed by atoms with Crippen molar-refractivity contribution in [2.75, 3.05) is 0 Å². The molecule has 0 bridgehead atoms. The highest BCUT2D eigenvalue weighted by molar-refractivity contribution is 5.27. The summed E-state index contributed by atoms with van der Waals surface area (Å²) < 4.78 is 0. The first-order valence-corrected chi connectivity index (χ1v) is 6.07. The molecule has 0 spiro atoms. The molecule has 0 N–H and O–H groups in total. The van der Waals surface area contributed by atoms with Crippen LogP contribution in [0.3, 0.4) is 0 Å². The van der Waals surface area contributed by atoms with E-state index in [1.54, 1.807) is 0 Å². The summed E-state index contributed by atoms with van der Waals surface area (Å²) in [6.45, 7) is 6.19. The van der Waals surface area contributed by atoms with Gasteiger partial charge in [0.25, 0.3) is 0 Å². The number of benzene rings is 1. The lowest BCUT2D eigenvalue weighted by Gasteiger charge is -2.19. The van der Waals surface area contributed by atoms with E-state index in [-0.39, 0.29) is 5.92 Å². The summed E-state index contributed by atoms with van der Waals surface area (Å²) in [6.07, 6.45) is 0.762. The van der Waals surface area contributed by atoms with Crippen LogP contribution in [0, 0.1) is 28.6 Å². The van der Waals surface area contributed by atoms with Crippen molar-refractivity contribution in [2.45, 2.75) is 33.1 Å². The van der Waals surface area contributed by atoms with E-state index in [4.69, 9.17) is 10.5 Å². The Balaban J connectivity index is 3.09. The maximum absolute atomic E-state index is 9.12. The number of hydrogen-bond acceptors (Lipinski definition) is 2. The van der Waals surface area contributed by atoms with Crippen LogP contribution in [0.4, 0.5) is 0 Å². The van der Waals surface area contributed by atoms with Crippen LogP contribution in [0.15, 0.2) is 41.5 Å². The van der Waals surface area contributed by atoms with E-state index in [9.17, 15) is 0 Å². The maximum atomic E-state index is 9.12. The van der Waals surface area contributed by atoms with E-state index in [0.29, 0.717) is 0 Å². The topological polar surface area (TPSA) is 47.6 Å². The van der Waals surface area contributed by atoms with E-state index >= 15 is 0 Å². The highest BCUT2D eigenvalue weighted by Gasteiger charge is 2.23. The van der Waals surface area contributed by atoms with Gasteiger partial charge in [-0.3, -0.25) is 0 Å². The first-order chi connectivity index (χ1) is 8.60. The lowest BCUT2D eigenvalue weighted by Crippen LogP contribution is -2.10. The Morgan fingerprint density at radius 3 is 2.06 bits per heavy atom. The Morgan fingerprint density at radius 1 is 1.06 bits per heavy atom. The Bertz CT molecular complexity index is 482. The maximum Gasteiger partial charge on any atom is 0.140 e. The van der Waals surface area contributed by atoms with Gasteiger partial charge in [0.05, 0.1) is 12.1 Å². The third kappa shape index (κ3) is 3.47. The van der Waals surface area contributed by atoms with Crippen LogP contribution >= 0.6 is 0 Å². The molecule has 1 aromatic carbocycles. The summed E-state index contributed by atoms with van der Waals surface area (Å²) in [5, 5.41) is 18.2. The number of rotatable bonds is 4. The quantitative estimate of drug-likeness (QED) is 0.739. The Hall–Kier alpha value is -2.06. The first-order valence-electron chi connectivity index (χ1n) is 6.07. The fourth-order valence-electron chi connectivity index (χ4n) is 1.87. The molecule has 92 valence electrons. The van der Waals surface area contributed by atoms with Gasteiger partial charge < -0.3 is 0 Å². The zero-order valence-corrected chi connectivity index (χ0v) is 11.1. The second-order valence-electron chi connectivity index (χ2n) is 4.74. The van der Waals surface area contributed by atoms with Crippen LogP contribution in [0.2, 0.25) is 0 Å². The second-order valence-corrected chi connectivity index (χ2v) is 4.74. The minimum absolute atomic E-state index is 0.0453. The van der Waals surface area contributed by atoms with E-state index in [2.05, 4.69) is 32.9 Å². The van der Waals surface area contributed by atoms with Gasteiger partial charge in [-0.05, 0) is 32.8 Å². The summed E-state index contributed by atoms with van der Waals surface area (Å²) in [6, 6.07) is 14.1. The predicted molar refractivity (Wildman–Crippen MR) is 72.6 cm³/mol. The van der Waals surface area contributed by atoms with Gasteiger partial charge in [0.2, 0.25) is 0 Å². The van der Waals surface area contributed by atoms with Crippen molar-refractivity contribution in [3.05, 3.63) is 47.0 Å². The molecule has 18 heavy (non-hydrogen) atoms. The smallest absolute Gasteiger partial charge is 0.140 e. The molecule has 0 aliphatic carbocycles. The third-order valence-corrected chi connectivity index (χ3v) is 3.29. The number of nitrogens with zero attached hydrogens (tertiary/aromatic N) is 2. The van der Waals surface area contributed by atoms with Gasteiger partial charge in [0.15, 0.2) is 0 Å². The highest BCUT2D eigenvalue weighted by atomic mass is 14.4. The average molecular weight is 238 g/mol. The van der Waals surface area contributed by atoms with Crippen LogP contribution in [0.5, 0.6) is 0 Å². The van der Waals surface area contributed by atoms with Crippen molar-refractivity contribution in [1.82, 2.24) is 0 Å². The summed E-state index contributed by atoms with van der Waals surface area (Å²) in [7, 11) is 0. The molecule has 1 atom stereocenters. The van der Waals surface area contributed by atoms with Crippen LogP contribution in [-0.4, -0.2) is 0 Å². The van der Waals surface area contributed by atoms with E-state index in [1.165, 1.54) is 11.1 Å². The summed E-state index contributed by atoms with van der Waals surface area (Å²) >= 11 is 0. The Morgan fingerprint density at radius 2 is 1.61 bits per heavy atom. The number of nitriles is 2. The molecule has 0 radical (unpaired) electrons. The van der Waals surface area contributed by atoms with E-state index < -0.39 is 5.92 Å². The lowest BCUT2D eigenvalue weighted by atomic mass is 9.82. The molecule has 0 unspecified atom stereocenters. The fourth-order valence-corrected chi connectivity index (χ4v) is 1.87. The van der Waals surface area contributed by atoms with Crippen LogP contribution in [0.25, 0.3) is 0 Å². The molecule has 0 heterocycles. The van der Waals surface area contributed by atoms with Crippen LogP contribution < -0.4 is 0 Å². The molecule has 0 aromatic heterocycles. The van der Waals surface area contributed by atoms with E-state index in [0.717, 1.165) is 12.0 Å². The summed E-state index contributed by atoms with van der Waals surface area (Å²) in [5.41, 5.74) is 3.57. The SMILES string of the molecule is CC(C)=C(C)C[C@H](c1ccccc1)C(C#N)C#N. The van der Waals surface area contributed by atoms with Crippen molar-refractivity contribution in [3.8, 4) is 12.1 Å². The Labute approximate surface area is 109 Å². The standard InChI is InChI=1S/C16H18N2/c1-12(2)13(3)9-16(15(10-17)11-18)14-7-5-4-6-8-14/h4-8,15-16H,9H2,1-3H3/t16-/m1/s1. The summed E-state index contributed by atoms with van der Waals surface area (Å²) in [4.78, 5) is 0. The van der Waals surface area contributed by atoms with Crippen molar-refractivity contribution in [1.29, 1.82) is 10.5 Å². The lowest BCUT2D eigenvalue weighted by molar-refractivity contribution is 0.602. The zero-order valence-electron chi connectivity index (χ0n) is 11.1. The zero-order chi connectivity index (χ0) is 13.5. The molecule has 0 saturated carbocycles. The number of allylic oxidation sites excluding steroid dienone is 2. The van der Waals surface area contributed by atoms with Crippen molar-refractivity contribution in [3.63, 3.8) is 0 Å². The van der Waals surface area contributed by atoms with E-state index in [1.807, 2.05) is 30.3 Å². The molecule has 2 heteroatoms. The minimum atomic E-state index is -0.596. The molecule has 0 saturated heterocycles. The van der Waals surface area contributed by atoms with Gasteiger partial charge in [0.1, 0.15) is 5.92 Å². The molecule has 0 fully saturated rings. The van der Waals surface area contributed by atoms with Crippen molar-refractivity contribution < 1.29 is 0 Å². The van der Waals surface area contributed by atoms with Crippen LogP contribution in [-0.2, 0) is 0 Å². The Kier molecular flexibility index (Phi) is 5.15. The molecule has 0 amide bonds. The van der Waals surface area contributed by atoms with Gasteiger partial charge >= 0.3 is 0 Å². The fraction of sp³-hybridized carbons (Fsp3) is 0.375. The molecule has 0 aliphatic heterocycles. The third-order valence-electron chi connectivity index (χ3n) is 3.29. The molecule has 0 aliphatic rings. The monoisotopic (exact) mass is 238 g/mol. The van der Waals surface area contributed by atoms with Crippen LogP contribution in [0.1, 0.15) is 38.7 Å². The van der Waals surface area contributed by atoms with Gasteiger partial charge in [-0.2, -0.15) is 10.5 Å². The first kappa shape index (κ1) is 14.0. The largest absolute Gasteiger partial charge is 0.197 e. The summed E-state index contributed by atoms with van der Waals surface area (Å²) in [5.74, 6) is -0.641. The molecule has 1 aromatic rings. The molecule has 2 nitrogen and oxygen atoms in total. The van der Waals surface area contributed by atoms with Crippen molar-refractivity contribution >= 4 is 0 Å². The van der Waals surface area contributed by atoms with Gasteiger partial charge in [0, 0.05) is 5.92 Å². The normalized spacial score (nSPS) is 11.4. The van der Waals surface area contributed by atoms with Gasteiger partial charge in [-0.25, -0.2) is 0 Å². The van der Waals surface area contributed by atoms with Gasteiger partial charge in [-0.1, -0.05) is 41.5 Å². The van der Waals surface area contributed by atoms with Gasteiger partial charge in [-0.15, -0.1) is 0 Å². The average Bonchev–Trinajstić information content (AvgIpc) is 2.39. The van der Waals surface area contributed by atoms with Crippen molar-refractivity contribution in [2.24, 2.45) is 5.92 Å². The number of hydrogen-bond donors (Lipinski definition) is 0. The molecule has 1 rings (SSSR count).